The first-order chi connectivity index (χ1) is 43.6. The van der Waals surface area contributed by atoms with E-state index in [0.717, 1.165) is 135 Å². The lowest BCUT2D eigenvalue weighted by molar-refractivity contribution is -0.870. The molecule has 0 bridgehead atoms. The van der Waals surface area contributed by atoms with Crippen LogP contribution in [0.25, 0.3) is 0 Å². The van der Waals surface area contributed by atoms with Gasteiger partial charge in [-0.2, -0.15) is 0 Å². The number of carboxylic acids is 1. The largest absolute Gasteiger partial charge is 0.477 e. The number of quaternary nitrogens is 1. The predicted octanol–water partition coefficient (Wildman–Crippen LogP) is 22.2. The second kappa shape index (κ2) is 68.6. The third-order valence-electron chi connectivity index (χ3n) is 14.5. The molecule has 2 atom stereocenters. The zero-order chi connectivity index (χ0) is 64.7. The van der Waals surface area contributed by atoms with Crippen molar-refractivity contribution < 1.29 is 42.9 Å². The van der Waals surface area contributed by atoms with Crippen LogP contribution in [0.2, 0.25) is 0 Å². The van der Waals surface area contributed by atoms with Gasteiger partial charge in [0.2, 0.25) is 0 Å². The van der Waals surface area contributed by atoms with Crippen LogP contribution in [0.3, 0.4) is 0 Å². The highest BCUT2D eigenvalue weighted by Gasteiger charge is 2.25. The molecule has 0 aromatic heterocycles. The van der Waals surface area contributed by atoms with Crippen molar-refractivity contribution in [3.05, 3.63) is 170 Å². The average molecular weight is 1230 g/mol. The van der Waals surface area contributed by atoms with Gasteiger partial charge >= 0.3 is 17.9 Å². The molecular weight excluding hydrogens is 1100 g/mol. The van der Waals surface area contributed by atoms with Gasteiger partial charge in [0.25, 0.3) is 6.29 Å². The van der Waals surface area contributed by atoms with Gasteiger partial charge < -0.3 is 28.5 Å². The van der Waals surface area contributed by atoms with Crippen molar-refractivity contribution in [1.82, 2.24) is 0 Å². The molecule has 502 valence electrons. The molecule has 9 heteroatoms. The minimum atomic E-state index is -1.53. The fraction of sp³-hybridized carbons (Fsp3) is 0.613. The Morgan fingerprint density at radius 3 is 0.899 bits per heavy atom. The number of allylic oxidation sites excluding steroid dienone is 28. The van der Waals surface area contributed by atoms with Gasteiger partial charge in [-0.1, -0.05) is 287 Å². The Morgan fingerprint density at radius 2 is 0.607 bits per heavy atom. The number of rotatable bonds is 63. The van der Waals surface area contributed by atoms with E-state index in [0.29, 0.717) is 23.9 Å². The highest BCUT2D eigenvalue weighted by atomic mass is 16.7. The summed E-state index contributed by atoms with van der Waals surface area (Å²) < 4.78 is 22.9. The van der Waals surface area contributed by atoms with Crippen LogP contribution < -0.4 is 0 Å². The summed E-state index contributed by atoms with van der Waals surface area (Å²) in [5.41, 5.74) is 0. The monoisotopic (exact) mass is 1230 g/mol. The van der Waals surface area contributed by atoms with Gasteiger partial charge in [0.1, 0.15) is 13.2 Å². The summed E-state index contributed by atoms with van der Waals surface area (Å²) in [6.07, 6.45) is 100. The number of hydrogen-bond acceptors (Lipinski definition) is 7. The lowest BCUT2D eigenvalue weighted by Gasteiger charge is -2.25. The van der Waals surface area contributed by atoms with E-state index in [1.165, 1.54) is 83.5 Å². The summed E-state index contributed by atoms with van der Waals surface area (Å²) in [4.78, 5) is 37.6. The molecule has 2 unspecified atom stereocenters. The summed E-state index contributed by atoms with van der Waals surface area (Å²) >= 11 is 0. The average Bonchev–Trinajstić information content (AvgIpc) is 3.64. The molecule has 0 saturated carbocycles. The number of aliphatic carboxylic acids is 1. The number of carboxylic acid groups (broad SMARTS) is 1. The molecule has 0 fully saturated rings. The van der Waals surface area contributed by atoms with E-state index >= 15 is 0 Å². The van der Waals surface area contributed by atoms with Gasteiger partial charge in [-0.3, -0.25) is 9.59 Å². The lowest BCUT2D eigenvalue weighted by atomic mass is 10.0. The zero-order valence-corrected chi connectivity index (χ0v) is 57.3. The molecule has 0 aliphatic rings. The molecule has 0 heterocycles. The maximum absolute atomic E-state index is 12.9. The number of carbonyl (C=O) groups is 3. The topological polar surface area (TPSA) is 108 Å². The van der Waals surface area contributed by atoms with Crippen LogP contribution in [0.4, 0.5) is 0 Å². The Morgan fingerprint density at radius 1 is 0.337 bits per heavy atom. The molecular formula is C80H130NO8+. The first-order valence-corrected chi connectivity index (χ1v) is 35.3. The highest BCUT2D eigenvalue weighted by Crippen LogP contribution is 2.16. The lowest BCUT2D eigenvalue weighted by Crippen LogP contribution is -2.40. The minimum absolute atomic E-state index is 0.176. The summed E-state index contributed by atoms with van der Waals surface area (Å²) in [5.74, 6) is -2.05. The van der Waals surface area contributed by atoms with Crippen molar-refractivity contribution in [3.8, 4) is 0 Å². The Labute approximate surface area is 546 Å². The van der Waals surface area contributed by atoms with E-state index < -0.39 is 24.3 Å². The van der Waals surface area contributed by atoms with E-state index in [2.05, 4.69) is 184 Å². The summed E-state index contributed by atoms with van der Waals surface area (Å²) in [5, 5.41) is 9.74. The first kappa shape index (κ1) is 83.7. The van der Waals surface area contributed by atoms with Crippen LogP contribution in [0.15, 0.2) is 170 Å². The van der Waals surface area contributed by atoms with Gasteiger partial charge in [-0.15, -0.1) is 0 Å². The van der Waals surface area contributed by atoms with Crippen LogP contribution in [0, 0.1) is 0 Å². The van der Waals surface area contributed by atoms with Gasteiger partial charge in [-0.25, -0.2) is 4.79 Å². The molecule has 0 aliphatic heterocycles. The van der Waals surface area contributed by atoms with Crippen LogP contribution in [-0.2, 0) is 33.3 Å². The van der Waals surface area contributed by atoms with Crippen molar-refractivity contribution in [3.63, 3.8) is 0 Å². The van der Waals surface area contributed by atoms with E-state index in [1.54, 1.807) is 0 Å². The second-order valence-electron chi connectivity index (χ2n) is 24.1. The first-order valence-electron chi connectivity index (χ1n) is 35.3. The molecule has 0 rings (SSSR count). The number of hydrogen-bond donors (Lipinski definition) is 1. The normalized spacial score (nSPS) is 13.8. The van der Waals surface area contributed by atoms with Crippen LogP contribution in [0.1, 0.15) is 258 Å². The maximum Gasteiger partial charge on any atom is 0.361 e. The van der Waals surface area contributed by atoms with Crippen molar-refractivity contribution >= 4 is 17.9 Å². The van der Waals surface area contributed by atoms with Crippen molar-refractivity contribution in [2.24, 2.45) is 0 Å². The molecule has 0 amide bonds. The molecule has 0 saturated heterocycles. The van der Waals surface area contributed by atoms with Crippen LogP contribution in [0.5, 0.6) is 0 Å². The fourth-order valence-electron chi connectivity index (χ4n) is 9.15. The Balaban J connectivity index is 4.13. The molecule has 0 aromatic rings. The predicted molar refractivity (Wildman–Crippen MR) is 382 cm³/mol. The number of likely N-dealkylation sites (N-methyl/N-ethyl adjacent to an activating group) is 1. The maximum atomic E-state index is 12.9. The SMILES string of the molecule is CC/C=C\C/C=C\C/C=C\C/C=C\C/C=C\C/C=C\C/C=C\C/C=C\CCCCCCCCCCCCCCCCCCC(=O)OC(COC(=O)CCCCCC/C=C\C/C=C\C/C=C\C/C=C\C/C=C\C/C=C\CC)COC(OCC[N+](C)(C)C)C(=O)O. The molecule has 1 N–H and O–H groups in total. The van der Waals surface area contributed by atoms with E-state index in [1.807, 2.05) is 21.1 Å². The van der Waals surface area contributed by atoms with E-state index in [9.17, 15) is 19.5 Å². The third kappa shape index (κ3) is 70.0. The van der Waals surface area contributed by atoms with E-state index in [-0.39, 0.29) is 38.6 Å². The summed E-state index contributed by atoms with van der Waals surface area (Å²) in [7, 11) is 5.96. The molecule has 89 heavy (non-hydrogen) atoms. The van der Waals surface area contributed by atoms with Gasteiger partial charge in [0, 0.05) is 12.8 Å². The van der Waals surface area contributed by atoms with Crippen molar-refractivity contribution in [1.29, 1.82) is 0 Å². The van der Waals surface area contributed by atoms with E-state index in [4.69, 9.17) is 18.9 Å². The smallest absolute Gasteiger partial charge is 0.361 e. The quantitative estimate of drug-likeness (QED) is 0.0211. The van der Waals surface area contributed by atoms with Gasteiger partial charge in [0.05, 0.1) is 34.4 Å². The molecule has 0 spiro atoms. The van der Waals surface area contributed by atoms with Crippen LogP contribution >= 0.6 is 0 Å². The molecule has 9 nitrogen and oxygen atoms in total. The standard InChI is InChI=1S/C80H129NO8/c1-6-8-10-12-14-16-18-20-22-24-26-28-30-31-32-33-34-35-36-37-38-39-40-41-42-43-44-45-46-47-49-51-53-55-57-59-61-63-65-67-69-71-78(83)89-76(75-88-80(79(84)85)86-73-72-81(3,4)5)74-87-77(82)70-68-66-64-62-60-58-56-54-52-50-48-29-27-25-23-21-19-17-15-13-11-9-7-2/h8-11,14-17,20-23,26-29,31-32,34-35,37-38,40-41,50,52,56,58,76,80H,6-7,12-13,18-19,24-25,30,33,36,39,42-49,51,53-55,57,59-75H2,1-5H3/p+1/b10-8-,11-9-,16-14-,17-15-,22-20-,23-21-,28-26-,29-27-,32-31-,35-34-,38-37-,41-40-,52-50-,58-56-. The number of ether oxygens (including phenoxy) is 4. The number of esters is 2. The second-order valence-corrected chi connectivity index (χ2v) is 24.1. The minimum Gasteiger partial charge on any atom is -0.477 e. The van der Waals surface area contributed by atoms with Gasteiger partial charge in [-0.05, 0) is 128 Å². The number of nitrogens with zero attached hydrogens (tertiary/aromatic N) is 1. The molecule has 0 radical (unpaired) electrons. The Hall–Kier alpha value is -5.35. The zero-order valence-electron chi connectivity index (χ0n) is 57.3. The van der Waals surface area contributed by atoms with Crippen molar-refractivity contribution in [2.75, 3.05) is 47.5 Å². The number of carbonyl (C=O) groups excluding carboxylic acids is 2. The van der Waals surface area contributed by atoms with Gasteiger partial charge in [0.15, 0.2) is 6.10 Å². The fourth-order valence-corrected chi connectivity index (χ4v) is 9.15. The number of unbranched alkanes of at least 4 members (excludes halogenated alkanes) is 20. The summed E-state index contributed by atoms with van der Waals surface area (Å²) in [6.45, 7) is 4.61. The highest BCUT2D eigenvalue weighted by molar-refractivity contribution is 5.71. The Kier molecular flexibility index (Phi) is 64.4. The summed E-state index contributed by atoms with van der Waals surface area (Å²) in [6, 6.07) is 0. The Bertz CT molecular complexity index is 2070. The molecule has 0 aliphatic carbocycles. The third-order valence-corrected chi connectivity index (χ3v) is 14.5. The van der Waals surface area contributed by atoms with Crippen LogP contribution in [-0.4, -0.2) is 87.4 Å². The molecule has 0 aromatic carbocycles. The van der Waals surface area contributed by atoms with Crippen molar-refractivity contribution in [2.45, 2.75) is 270 Å².